The second-order valence-electron chi connectivity index (χ2n) is 5.05. The van der Waals surface area contributed by atoms with Crippen molar-refractivity contribution in [3.05, 3.63) is 59.2 Å². The molecule has 1 atom stereocenters. The number of halogens is 1. The summed E-state index contributed by atoms with van der Waals surface area (Å²) in [4.78, 5) is 18.0. The third-order valence-electron chi connectivity index (χ3n) is 3.68. The highest BCUT2D eigenvalue weighted by atomic mass is 19.1. The minimum Gasteiger partial charge on any atom is -0.299 e. The Morgan fingerprint density at radius 1 is 1.30 bits per heavy atom. The minimum atomic E-state index is -0.433. The lowest BCUT2D eigenvalue weighted by Crippen LogP contribution is -2.27. The Balaban J connectivity index is 2.12. The van der Waals surface area contributed by atoms with Crippen LogP contribution in [0.1, 0.15) is 40.9 Å². The van der Waals surface area contributed by atoms with Gasteiger partial charge in [-0.25, -0.2) is 4.39 Å². The maximum atomic E-state index is 13.4. The molecule has 102 valence electrons. The molecule has 1 aliphatic heterocycles. The third kappa shape index (κ3) is 1.88. The lowest BCUT2D eigenvalue weighted by atomic mass is 10.0. The number of fused-ring (bicyclic) bond motifs is 1. The van der Waals surface area contributed by atoms with Gasteiger partial charge < -0.3 is 0 Å². The van der Waals surface area contributed by atoms with Crippen LogP contribution in [0.25, 0.3) is 0 Å². The van der Waals surface area contributed by atoms with Gasteiger partial charge in [-0.1, -0.05) is 24.6 Å². The van der Waals surface area contributed by atoms with Crippen molar-refractivity contribution in [2.24, 2.45) is 0 Å². The fourth-order valence-electron chi connectivity index (χ4n) is 2.80. The molecule has 0 bridgehead atoms. The Hall–Kier alpha value is -2.23. The summed E-state index contributed by atoms with van der Waals surface area (Å²) in [5.41, 5.74) is 3.35. The molecular formula is C16H15FN2O. The zero-order valence-corrected chi connectivity index (χ0v) is 11.4. The number of amides is 1. The number of pyridine rings is 1. The second kappa shape index (κ2) is 4.71. The number of hydrogen-bond donors (Lipinski definition) is 0. The van der Waals surface area contributed by atoms with Crippen LogP contribution in [0.3, 0.4) is 0 Å². The Labute approximate surface area is 117 Å². The van der Waals surface area contributed by atoms with Gasteiger partial charge in [-0.05, 0) is 25.0 Å². The van der Waals surface area contributed by atoms with Crippen LogP contribution in [0.5, 0.6) is 0 Å². The Morgan fingerprint density at radius 3 is 2.80 bits per heavy atom. The average Bonchev–Trinajstić information content (AvgIpc) is 2.70. The summed E-state index contributed by atoms with van der Waals surface area (Å²) >= 11 is 0. The van der Waals surface area contributed by atoms with E-state index in [0.717, 1.165) is 23.7 Å². The summed E-state index contributed by atoms with van der Waals surface area (Å²) in [6.45, 7) is 4.03. The van der Waals surface area contributed by atoms with Crippen molar-refractivity contribution < 1.29 is 9.18 Å². The van der Waals surface area contributed by atoms with Crippen LogP contribution in [0.2, 0.25) is 0 Å². The Morgan fingerprint density at radius 2 is 2.10 bits per heavy atom. The molecule has 1 aromatic heterocycles. The minimum absolute atomic E-state index is 0.0546. The molecule has 0 spiro atoms. The number of hydrogen-bond acceptors (Lipinski definition) is 2. The molecule has 2 heterocycles. The SMILES string of the molecule is CC[C@@H]1c2cc(C)ccc2C(=O)N1c1cncc(F)c1. The van der Waals surface area contributed by atoms with E-state index in [1.165, 1.54) is 12.3 Å². The second-order valence-corrected chi connectivity index (χ2v) is 5.05. The first-order chi connectivity index (χ1) is 9.61. The number of rotatable bonds is 2. The summed E-state index contributed by atoms with van der Waals surface area (Å²) in [6.07, 6.45) is 3.45. The fraction of sp³-hybridized carbons (Fsp3) is 0.250. The van der Waals surface area contributed by atoms with Crippen LogP contribution in [0.4, 0.5) is 10.1 Å². The van der Waals surface area contributed by atoms with Gasteiger partial charge in [-0.3, -0.25) is 14.7 Å². The van der Waals surface area contributed by atoms with Crippen molar-refractivity contribution in [1.29, 1.82) is 0 Å². The highest BCUT2D eigenvalue weighted by Gasteiger charge is 2.36. The predicted octanol–water partition coefficient (Wildman–Crippen LogP) is 3.64. The van der Waals surface area contributed by atoms with Crippen LogP contribution in [-0.2, 0) is 0 Å². The fourth-order valence-corrected chi connectivity index (χ4v) is 2.80. The molecule has 2 aromatic rings. The standard InChI is InChI=1S/C16H15FN2O/c1-3-15-14-6-10(2)4-5-13(14)16(20)19(15)12-7-11(17)8-18-9-12/h4-9,15H,3H2,1-2H3/t15-/m1/s1. The smallest absolute Gasteiger partial charge is 0.259 e. The molecule has 0 N–H and O–H groups in total. The van der Waals surface area contributed by atoms with Gasteiger partial charge in [0.2, 0.25) is 0 Å². The molecular weight excluding hydrogens is 255 g/mol. The Bertz CT molecular complexity index is 684. The van der Waals surface area contributed by atoms with E-state index in [1.807, 2.05) is 32.0 Å². The number of carbonyl (C=O) groups is 1. The molecule has 0 aliphatic carbocycles. The summed E-state index contributed by atoms with van der Waals surface area (Å²) in [7, 11) is 0. The molecule has 1 aliphatic rings. The van der Waals surface area contributed by atoms with Gasteiger partial charge in [0, 0.05) is 11.6 Å². The highest BCUT2D eigenvalue weighted by molar-refractivity contribution is 6.11. The van der Waals surface area contributed by atoms with E-state index in [4.69, 9.17) is 0 Å². The lowest BCUT2D eigenvalue weighted by Gasteiger charge is -2.24. The van der Waals surface area contributed by atoms with Gasteiger partial charge in [0.05, 0.1) is 24.1 Å². The molecule has 1 amide bonds. The van der Waals surface area contributed by atoms with Gasteiger partial charge in [0.1, 0.15) is 5.82 Å². The van der Waals surface area contributed by atoms with Crippen LogP contribution in [-0.4, -0.2) is 10.9 Å². The first kappa shape index (κ1) is 12.8. The van der Waals surface area contributed by atoms with Gasteiger partial charge in [-0.15, -0.1) is 0 Å². The topological polar surface area (TPSA) is 33.2 Å². The maximum Gasteiger partial charge on any atom is 0.259 e. The van der Waals surface area contributed by atoms with Crippen LogP contribution < -0.4 is 4.90 Å². The number of aromatic nitrogens is 1. The molecule has 4 heteroatoms. The van der Waals surface area contributed by atoms with Crippen molar-refractivity contribution in [3.8, 4) is 0 Å². The van der Waals surface area contributed by atoms with E-state index in [2.05, 4.69) is 4.98 Å². The summed E-state index contributed by atoms with van der Waals surface area (Å²) in [6, 6.07) is 7.11. The van der Waals surface area contributed by atoms with Gasteiger partial charge in [-0.2, -0.15) is 0 Å². The molecule has 3 rings (SSSR count). The van der Waals surface area contributed by atoms with E-state index in [1.54, 1.807) is 4.90 Å². The molecule has 0 unspecified atom stereocenters. The summed E-state index contributed by atoms with van der Waals surface area (Å²) in [5, 5.41) is 0. The maximum absolute atomic E-state index is 13.4. The van der Waals surface area contributed by atoms with Crippen molar-refractivity contribution in [2.45, 2.75) is 26.3 Å². The van der Waals surface area contributed by atoms with Crippen molar-refractivity contribution >= 4 is 11.6 Å². The van der Waals surface area contributed by atoms with Crippen molar-refractivity contribution in [2.75, 3.05) is 4.90 Å². The van der Waals surface area contributed by atoms with Gasteiger partial charge in [0.15, 0.2) is 0 Å². The third-order valence-corrected chi connectivity index (χ3v) is 3.68. The molecule has 3 nitrogen and oxygen atoms in total. The predicted molar refractivity (Wildman–Crippen MR) is 75.2 cm³/mol. The van der Waals surface area contributed by atoms with E-state index < -0.39 is 5.82 Å². The van der Waals surface area contributed by atoms with E-state index in [9.17, 15) is 9.18 Å². The van der Waals surface area contributed by atoms with Gasteiger partial charge in [0.25, 0.3) is 5.91 Å². The van der Waals surface area contributed by atoms with E-state index >= 15 is 0 Å². The largest absolute Gasteiger partial charge is 0.299 e. The average molecular weight is 270 g/mol. The zero-order chi connectivity index (χ0) is 14.3. The quantitative estimate of drug-likeness (QED) is 0.834. The number of anilines is 1. The summed E-state index contributed by atoms with van der Waals surface area (Å²) in [5.74, 6) is -0.517. The van der Waals surface area contributed by atoms with Crippen LogP contribution >= 0.6 is 0 Å². The van der Waals surface area contributed by atoms with Crippen LogP contribution in [0, 0.1) is 12.7 Å². The van der Waals surface area contributed by atoms with Crippen LogP contribution in [0.15, 0.2) is 36.7 Å². The summed E-state index contributed by atoms with van der Waals surface area (Å²) < 4.78 is 13.4. The number of carbonyl (C=O) groups excluding carboxylic acids is 1. The highest BCUT2D eigenvalue weighted by Crippen LogP contribution is 2.39. The number of aryl methyl sites for hydroxylation is 1. The monoisotopic (exact) mass is 270 g/mol. The first-order valence-corrected chi connectivity index (χ1v) is 6.66. The van der Waals surface area contributed by atoms with Crippen molar-refractivity contribution in [1.82, 2.24) is 4.98 Å². The molecule has 20 heavy (non-hydrogen) atoms. The molecule has 0 saturated carbocycles. The van der Waals surface area contributed by atoms with E-state index in [-0.39, 0.29) is 11.9 Å². The molecule has 0 saturated heterocycles. The molecule has 0 radical (unpaired) electrons. The molecule has 0 fully saturated rings. The van der Waals surface area contributed by atoms with E-state index in [0.29, 0.717) is 11.3 Å². The van der Waals surface area contributed by atoms with Crippen molar-refractivity contribution in [3.63, 3.8) is 0 Å². The Kier molecular flexibility index (Phi) is 3.01. The first-order valence-electron chi connectivity index (χ1n) is 6.66. The van der Waals surface area contributed by atoms with Gasteiger partial charge >= 0.3 is 0 Å². The lowest BCUT2D eigenvalue weighted by molar-refractivity contribution is 0.0990. The normalized spacial score (nSPS) is 17.4. The molecule has 1 aromatic carbocycles. The number of nitrogens with zero attached hydrogens (tertiary/aromatic N) is 2. The number of benzene rings is 1. The zero-order valence-electron chi connectivity index (χ0n) is 11.4.